The van der Waals surface area contributed by atoms with Gasteiger partial charge in [0, 0.05) is 25.7 Å². The first-order valence-electron chi connectivity index (χ1n) is 5.97. The summed E-state index contributed by atoms with van der Waals surface area (Å²) in [6.45, 7) is 6.50. The normalized spacial score (nSPS) is 11.8. The lowest BCUT2D eigenvalue weighted by Crippen LogP contribution is -2.14. The van der Waals surface area contributed by atoms with Gasteiger partial charge in [0.1, 0.15) is 0 Å². The molecule has 102 valence electrons. The van der Waals surface area contributed by atoms with Gasteiger partial charge in [-0.25, -0.2) is 4.98 Å². The Balaban J connectivity index is 2.45. The molecule has 2 nitrogen and oxygen atoms in total. The SMILES string of the molecule is CC(C)(C)c1nc(N)sc1Cc1c(Br)cccc1Br. The summed E-state index contributed by atoms with van der Waals surface area (Å²) in [5, 5.41) is 0.642. The number of nitrogens with two attached hydrogens (primary N) is 1. The zero-order valence-corrected chi connectivity index (χ0v) is 15.1. The van der Waals surface area contributed by atoms with E-state index in [0.29, 0.717) is 5.13 Å². The number of benzene rings is 1. The van der Waals surface area contributed by atoms with Crippen molar-refractivity contribution in [3.05, 3.63) is 43.3 Å². The summed E-state index contributed by atoms with van der Waals surface area (Å²) >= 11 is 8.80. The van der Waals surface area contributed by atoms with Gasteiger partial charge >= 0.3 is 0 Å². The second-order valence-corrected chi connectivity index (χ2v) is 8.27. The van der Waals surface area contributed by atoms with Crippen LogP contribution in [0.3, 0.4) is 0 Å². The Kier molecular flexibility index (Phi) is 4.38. The summed E-state index contributed by atoms with van der Waals surface area (Å²) < 4.78 is 2.21. The molecule has 0 amide bonds. The highest BCUT2D eigenvalue weighted by Crippen LogP contribution is 2.35. The highest BCUT2D eigenvalue weighted by molar-refractivity contribution is 9.11. The first-order chi connectivity index (χ1) is 8.79. The first kappa shape index (κ1) is 15.0. The molecule has 0 spiro atoms. The molecule has 0 atom stereocenters. The number of hydrogen-bond donors (Lipinski definition) is 1. The third-order valence-corrected chi connectivity index (χ3v) is 5.19. The first-order valence-corrected chi connectivity index (χ1v) is 8.38. The van der Waals surface area contributed by atoms with Crippen LogP contribution in [-0.4, -0.2) is 4.98 Å². The average molecular weight is 404 g/mol. The van der Waals surface area contributed by atoms with Crippen LogP contribution in [0.2, 0.25) is 0 Å². The molecule has 1 heterocycles. The van der Waals surface area contributed by atoms with Gasteiger partial charge in [0.05, 0.1) is 5.69 Å². The third-order valence-electron chi connectivity index (χ3n) is 2.82. The van der Waals surface area contributed by atoms with Gasteiger partial charge in [-0.3, -0.25) is 0 Å². The van der Waals surface area contributed by atoms with E-state index in [0.717, 1.165) is 21.1 Å². The number of anilines is 1. The van der Waals surface area contributed by atoms with Crippen molar-refractivity contribution in [3.8, 4) is 0 Å². The molecule has 5 heteroatoms. The maximum absolute atomic E-state index is 5.89. The molecule has 0 aliphatic heterocycles. The van der Waals surface area contributed by atoms with E-state index in [-0.39, 0.29) is 5.41 Å². The van der Waals surface area contributed by atoms with Crippen molar-refractivity contribution < 1.29 is 0 Å². The van der Waals surface area contributed by atoms with E-state index in [9.17, 15) is 0 Å². The Bertz CT molecular complexity index is 580. The number of thiazole rings is 1. The molecule has 0 bridgehead atoms. The van der Waals surface area contributed by atoms with Crippen molar-refractivity contribution in [1.29, 1.82) is 0 Å². The number of nitrogen functional groups attached to an aromatic ring is 1. The summed E-state index contributed by atoms with van der Waals surface area (Å²) in [6.07, 6.45) is 0.837. The van der Waals surface area contributed by atoms with Crippen molar-refractivity contribution in [1.82, 2.24) is 4.98 Å². The van der Waals surface area contributed by atoms with Crippen molar-refractivity contribution in [2.45, 2.75) is 32.6 Å². The largest absolute Gasteiger partial charge is 0.375 e. The average Bonchev–Trinajstić information content (AvgIpc) is 2.65. The summed E-state index contributed by atoms with van der Waals surface area (Å²) in [6, 6.07) is 6.13. The molecule has 0 radical (unpaired) electrons. The lowest BCUT2D eigenvalue weighted by atomic mass is 9.90. The van der Waals surface area contributed by atoms with Gasteiger partial charge in [-0.15, -0.1) is 11.3 Å². The molecule has 0 saturated heterocycles. The van der Waals surface area contributed by atoms with Gasteiger partial charge in [0.15, 0.2) is 5.13 Å². The maximum atomic E-state index is 5.89. The predicted molar refractivity (Wildman–Crippen MR) is 89.9 cm³/mol. The Morgan fingerprint density at radius 2 is 1.79 bits per heavy atom. The molecule has 2 rings (SSSR count). The van der Waals surface area contributed by atoms with Gasteiger partial charge in [-0.1, -0.05) is 58.7 Å². The van der Waals surface area contributed by atoms with Crippen LogP contribution in [0.5, 0.6) is 0 Å². The molecule has 1 aromatic heterocycles. The highest BCUT2D eigenvalue weighted by Gasteiger charge is 2.23. The number of aromatic nitrogens is 1. The van der Waals surface area contributed by atoms with Gasteiger partial charge in [0.25, 0.3) is 0 Å². The fourth-order valence-electron chi connectivity index (χ4n) is 1.94. The van der Waals surface area contributed by atoms with Gasteiger partial charge < -0.3 is 5.73 Å². The van der Waals surface area contributed by atoms with Gasteiger partial charge in [0.2, 0.25) is 0 Å². The topological polar surface area (TPSA) is 38.9 Å². The Morgan fingerprint density at radius 1 is 1.21 bits per heavy atom. The van der Waals surface area contributed by atoms with Crippen LogP contribution in [0, 0.1) is 0 Å². The lowest BCUT2D eigenvalue weighted by molar-refractivity contribution is 0.568. The fourth-order valence-corrected chi connectivity index (χ4v) is 4.27. The van der Waals surface area contributed by atoms with E-state index in [1.165, 1.54) is 10.4 Å². The van der Waals surface area contributed by atoms with Crippen LogP contribution in [0.4, 0.5) is 5.13 Å². The van der Waals surface area contributed by atoms with E-state index in [1.54, 1.807) is 11.3 Å². The van der Waals surface area contributed by atoms with Crippen LogP contribution in [0.15, 0.2) is 27.1 Å². The molecule has 1 aromatic carbocycles. The van der Waals surface area contributed by atoms with E-state index >= 15 is 0 Å². The zero-order chi connectivity index (χ0) is 14.2. The van der Waals surface area contributed by atoms with Crippen molar-refractivity contribution in [3.63, 3.8) is 0 Å². The quantitative estimate of drug-likeness (QED) is 0.753. The zero-order valence-electron chi connectivity index (χ0n) is 11.1. The van der Waals surface area contributed by atoms with Crippen molar-refractivity contribution in [2.24, 2.45) is 0 Å². The van der Waals surface area contributed by atoms with Gasteiger partial charge in [-0.2, -0.15) is 0 Å². The molecule has 0 fully saturated rings. The second kappa shape index (κ2) is 5.54. The van der Waals surface area contributed by atoms with E-state index in [4.69, 9.17) is 5.73 Å². The fraction of sp³-hybridized carbons (Fsp3) is 0.357. The standard InChI is InChI=1S/C14H16Br2N2S/c1-14(2,3)12-11(19-13(17)18-12)7-8-9(15)5-4-6-10(8)16/h4-6H,7H2,1-3H3,(H2,17,18). The van der Waals surface area contributed by atoms with Crippen LogP contribution in [-0.2, 0) is 11.8 Å². The van der Waals surface area contributed by atoms with E-state index in [1.807, 2.05) is 6.07 Å². The predicted octanol–water partition coefficient (Wildman–Crippen LogP) is 5.14. The molecule has 0 aliphatic carbocycles. The maximum Gasteiger partial charge on any atom is 0.180 e. The molecular formula is C14H16Br2N2S. The molecule has 2 aromatic rings. The second-order valence-electron chi connectivity index (χ2n) is 5.45. The van der Waals surface area contributed by atoms with E-state index < -0.39 is 0 Å². The molecule has 2 N–H and O–H groups in total. The summed E-state index contributed by atoms with van der Waals surface area (Å²) in [7, 11) is 0. The molecule has 0 unspecified atom stereocenters. The monoisotopic (exact) mass is 402 g/mol. The van der Waals surface area contributed by atoms with Crippen LogP contribution >= 0.6 is 43.2 Å². The lowest BCUT2D eigenvalue weighted by Gasteiger charge is -2.18. The number of nitrogens with zero attached hydrogens (tertiary/aromatic N) is 1. The molecule has 0 aliphatic rings. The Morgan fingerprint density at radius 3 is 2.32 bits per heavy atom. The Labute approximate surface area is 134 Å². The smallest absolute Gasteiger partial charge is 0.180 e. The minimum atomic E-state index is 0.0111. The summed E-state index contributed by atoms with van der Waals surface area (Å²) in [5.74, 6) is 0. The van der Waals surface area contributed by atoms with Gasteiger partial charge in [-0.05, 0) is 17.7 Å². The van der Waals surface area contributed by atoms with Crippen molar-refractivity contribution >= 4 is 48.3 Å². The van der Waals surface area contributed by atoms with Crippen LogP contribution in [0.1, 0.15) is 36.9 Å². The van der Waals surface area contributed by atoms with Crippen LogP contribution < -0.4 is 5.73 Å². The molecule has 0 saturated carbocycles. The van der Waals surface area contributed by atoms with Crippen molar-refractivity contribution in [2.75, 3.05) is 5.73 Å². The minimum absolute atomic E-state index is 0.0111. The highest BCUT2D eigenvalue weighted by atomic mass is 79.9. The van der Waals surface area contributed by atoms with E-state index in [2.05, 4.69) is 69.7 Å². The molecular weight excluding hydrogens is 388 g/mol. The Hall–Kier alpha value is -0.390. The number of hydrogen-bond acceptors (Lipinski definition) is 3. The number of rotatable bonds is 2. The third kappa shape index (κ3) is 3.38. The summed E-state index contributed by atoms with van der Waals surface area (Å²) in [5.41, 5.74) is 8.23. The summed E-state index contributed by atoms with van der Waals surface area (Å²) in [4.78, 5) is 5.74. The number of halogens is 2. The minimum Gasteiger partial charge on any atom is -0.375 e. The molecule has 19 heavy (non-hydrogen) atoms. The van der Waals surface area contributed by atoms with Crippen LogP contribution in [0.25, 0.3) is 0 Å².